The van der Waals surface area contributed by atoms with Gasteiger partial charge in [-0.05, 0) is 13.0 Å². The van der Waals surface area contributed by atoms with Crippen LogP contribution >= 0.6 is 0 Å². The van der Waals surface area contributed by atoms with Crippen molar-refractivity contribution in [3.05, 3.63) is 18.3 Å². The maximum absolute atomic E-state index is 5.40. The number of methoxy groups -OCH3 is 1. The topological polar surface area (TPSA) is 57.4 Å². The van der Waals surface area contributed by atoms with Crippen molar-refractivity contribution < 1.29 is 9.47 Å². The molecule has 0 bridgehead atoms. The predicted molar refractivity (Wildman–Crippen MR) is 49.9 cm³/mol. The van der Waals surface area contributed by atoms with Gasteiger partial charge in [0.05, 0.1) is 13.3 Å². The molecule has 0 saturated heterocycles. The van der Waals surface area contributed by atoms with E-state index in [9.17, 15) is 0 Å². The fourth-order valence-corrected chi connectivity index (χ4v) is 0.811. The van der Waals surface area contributed by atoms with Crippen molar-refractivity contribution in [3.8, 4) is 11.6 Å². The Morgan fingerprint density at radius 2 is 2.31 bits per heavy atom. The number of pyridine rings is 1. The third-order valence-electron chi connectivity index (χ3n) is 1.60. The summed E-state index contributed by atoms with van der Waals surface area (Å²) < 4.78 is 10.3. The SMILES string of the molecule is COc1ccc(O[C@@H](C)CN)nc1. The summed E-state index contributed by atoms with van der Waals surface area (Å²) in [7, 11) is 1.60. The van der Waals surface area contributed by atoms with Crippen LogP contribution in [0.15, 0.2) is 18.3 Å². The second-order valence-corrected chi connectivity index (χ2v) is 2.70. The predicted octanol–water partition coefficient (Wildman–Crippen LogP) is 0.816. The lowest BCUT2D eigenvalue weighted by Crippen LogP contribution is -2.23. The number of hydrogen-bond acceptors (Lipinski definition) is 4. The van der Waals surface area contributed by atoms with E-state index in [1.54, 1.807) is 25.4 Å². The van der Waals surface area contributed by atoms with E-state index in [-0.39, 0.29) is 6.10 Å². The molecule has 0 amide bonds. The van der Waals surface area contributed by atoms with Gasteiger partial charge < -0.3 is 15.2 Å². The van der Waals surface area contributed by atoms with E-state index in [1.165, 1.54) is 0 Å². The molecule has 0 aliphatic heterocycles. The molecule has 0 aromatic carbocycles. The highest BCUT2D eigenvalue weighted by molar-refractivity contribution is 5.22. The van der Waals surface area contributed by atoms with E-state index in [1.807, 2.05) is 6.92 Å². The summed E-state index contributed by atoms with van der Waals surface area (Å²) in [5.41, 5.74) is 5.40. The van der Waals surface area contributed by atoms with Crippen molar-refractivity contribution in [2.75, 3.05) is 13.7 Å². The fourth-order valence-electron chi connectivity index (χ4n) is 0.811. The Morgan fingerprint density at radius 1 is 1.54 bits per heavy atom. The Morgan fingerprint density at radius 3 is 2.77 bits per heavy atom. The van der Waals surface area contributed by atoms with Gasteiger partial charge in [-0.25, -0.2) is 4.98 Å². The van der Waals surface area contributed by atoms with Crippen LogP contribution in [0.2, 0.25) is 0 Å². The van der Waals surface area contributed by atoms with Crippen molar-refractivity contribution in [1.82, 2.24) is 4.98 Å². The molecule has 0 radical (unpaired) electrons. The van der Waals surface area contributed by atoms with Crippen LogP contribution in [-0.2, 0) is 0 Å². The van der Waals surface area contributed by atoms with Gasteiger partial charge in [0.1, 0.15) is 11.9 Å². The molecule has 0 saturated carbocycles. The van der Waals surface area contributed by atoms with Gasteiger partial charge in [0.15, 0.2) is 0 Å². The minimum atomic E-state index is -0.0131. The monoisotopic (exact) mass is 182 g/mol. The molecule has 1 aromatic rings. The van der Waals surface area contributed by atoms with E-state index in [4.69, 9.17) is 15.2 Å². The van der Waals surface area contributed by atoms with Crippen LogP contribution in [-0.4, -0.2) is 24.7 Å². The first-order valence-corrected chi connectivity index (χ1v) is 4.13. The van der Waals surface area contributed by atoms with Crippen LogP contribution in [0.3, 0.4) is 0 Å². The van der Waals surface area contributed by atoms with Crippen LogP contribution < -0.4 is 15.2 Å². The maximum atomic E-state index is 5.40. The van der Waals surface area contributed by atoms with E-state index < -0.39 is 0 Å². The van der Waals surface area contributed by atoms with Crippen LogP contribution in [0.25, 0.3) is 0 Å². The van der Waals surface area contributed by atoms with Gasteiger partial charge in [-0.3, -0.25) is 0 Å². The van der Waals surface area contributed by atoms with E-state index >= 15 is 0 Å². The summed E-state index contributed by atoms with van der Waals surface area (Å²) in [5, 5.41) is 0. The van der Waals surface area contributed by atoms with E-state index in [2.05, 4.69) is 4.98 Å². The number of nitrogens with two attached hydrogens (primary N) is 1. The Bertz CT molecular complexity index is 248. The number of rotatable bonds is 4. The maximum Gasteiger partial charge on any atom is 0.213 e. The zero-order valence-corrected chi connectivity index (χ0v) is 7.86. The lowest BCUT2D eigenvalue weighted by Gasteiger charge is -2.11. The Labute approximate surface area is 77.7 Å². The van der Waals surface area contributed by atoms with Gasteiger partial charge in [0.25, 0.3) is 0 Å². The number of nitrogens with zero attached hydrogens (tertiary/aromatic N) is 1. The summed E-state index contributed by atoms with van der Waals surface area (Å²) in [6.45, 7) is 2.37. The second-order valence-electron chi connectivity index (χ2n) is 2.70. The average Bonchev–Trinajstić information content (AvgIpc) is 2.19. The van der Waals surface area contributed by atoms with Gasteiger partial charge in [0.2, 0.25) is 5.88 Å². The number of hydrogen-bond donors (Lipinski definition) is 1. The molecule has 72 valence electrons. The standard InChI is InChI=1S/C9H14N2O2/c1-7(5-10)13-9-4-3-8(12-2)6-11-9/h3-4,6-7H,5,10H2,1-2H3/t7-/m0/s1. The first kappa shape index (κ1) is 9.80. The molecule has 1 heterocycles. The van der Waals surface area contributed by atoms with Crippen molar-refractivity contribution in [2.24, 2.45) is 5.73 Å². The molecular formula is C9H14N2O2. The quantitative estimate of drug-likeness (QED) is 0.748. The van der Waals surface area contributed by atoms with Crippen molar-refractivity contribution in [3.63, 3.8) is 0 Å². The molecule has 0 aliphatic rings. The molecule has 4 heteroatoms. The lowest BCUT2D eigenvalue weighted by molar-refractivity contribution is 0.220. The molecule has 2 N–H and O–H groups in total. The van der Waals surface area contributed by atoms with Gasteiger partial charge >= 0.3 is 0 Å². The zero-order valence-electron chi connectivity index (χ0n) is 7.86. The third kappa shape index (κ3) is 2.91. The molecule has 4 nitrogen and oxygen atoms in total. The first-order valence-electron chi connectivity index (χ1n) is 4.13. The summed E-state index contributed by atoms with van der Waals surface area (Å²) >= 11 is 0. The highest BCUT2D eigenvalue weighted by Crippen LogP contribution is 2.13. The summed E-state index contributed by atoms with van der Waals surface area (Å²) in [4.78, 5) is 4.03. The minimum Gasteiger partial charge on any atom is -0.495 e. The summed E-state index contributed by atoms with van der Waals surface area (Å²) in [6.07, 6.45) is 1.60. The Balaban J connectivity index is 2.58. The lowest BCUT2D eigenvalue weighted by atomic mass is 10.4. The molecule has 1 rings (SSSR count). The molecule has 1 aromatic heterocycles. The molecule has 13 heavy (non-hydrogen) atoms. The molecule has 0 aliphatic carbocycles. The normalized spacial score (nSPS) is 12.2. The molecule has 0 unspecified atom stereocenters. The fraction of sp³-hybridized carbons (Fsp3) is 0.444. The third-order valence-corrected chi connectivity index (χ3v) is 1.60. The molecule has 0 spiro atoms. The average molecular weight is 182 g/mol. The highest BCUT2D eigenvalue weighted by atomic mass is 16.5. The van der Waals surface area contributed by atoms with E-state index in [0.717, 1.165) is 0 Å². The van der Waals surface area contributed by atoms with Crippen LogP contribution in [0, 0.1) is 0 Å². The highest BCUT2D eigenvalue weighted by Gasteiger charge is 2.01. The molecule has 0 fully saturated rings. The van der Waals surface area contributed by atoms with Gasteiger partial charge in [-0.15, -0.1) is 0 Å². The molecular weight excluding hydrogens is 168 g/mol. The van der Waals surface area contributed by atoms with Crippen LogP contribution in [0.5, 0.6) is 11.6 Å². The number of ether oxygens (including phenoxy) is 2. The Kier molecular flexibility index (Phi) is 3.52. The summed E-state index contributed by atoms with van der Waals surface area (Å²) in [5.74, 6) is 1.28. The second kappa shape index (κ2) is 4.67. The largest absolute Gasteiger partial charge is 0.495 e. The van der Waals surface area contributed by atoms with Crippen molar-refractivity contribution >= 4 is 0 Å². The van der Waals surface area contributed by atoms with E-state index in [0.29, 0.717) is 18.2 Å². The Hall–Kier alpha value is -1.29. The van der Waals surface area contributed by atoms with Gasteiger partial charge in [-0.1, -0.05) is 0 Å². The minimum absolute atomic E-state index is 0.0131. The number of aromatic nitrogens is 1. The zero-order chi connectivity index (χ0) is 9.68. The van der Waals surface area contributed by atoms with Crippen LogP contribution in [0.1, 0.15) is 6.92 Å². The van der Waals surface area contributed by atoms with Gasteiger partial charge in [-0.2, -0.15) is 0 Å². The molecule has 1 atom stereocenters. The smallest absolute Gasteiger partial charge is 0.213 e. The van der Waals surface area contributed by atoms with Crippen LogP contribution in [0.4, 0.5) is 0 Å². The van der Waals surface area contributed by atoms with Crippen molar-refractivity contribution in [1.29, 1.82) is 0 Å². The summed E-state index contributed by atoms with van der Waals surface area (Å²) in [6, 6.07) is 3.55. The first-order chi connectivity index (χ1) is 6.26. The van der Waals surface area contributed by atoms with Gasteiger partial charge in [0, 0.05) is 12.6 Å². The van der Waals surface area contributed by atoms with Crippen molar-refractivity contribution in [2.45, 2.75) is 13.0 Å².